The van der Waals surface area contributed by atoms with Gasteiger partial charge >= 0.3 is 0 Å². The summed E-state index contributed by atoms with van der Waals surface area (Å²) in [5, 5.41) is 0. The van der Waals surface area contributed by atoms with Crippen molar-refractivity contribution in [1.29, 1.82) is 0 Å². The number of halogens is 1. The van der Waals surface area contributed by atoms with Crippen molar-refractivity contribution in [2.24, 2.45) is 0 Å². The Morgan fingerprint density at radius 3 is 2.48 bits per heavy atom. The van der Waals surface area contributed by atoms with E-state index < -0.39 is 10.8 Å². The van der Waals surface area contributed by atoms with Crippen LogP contribution in [0.4, 0.5) is 5.82 Å². The minimum atomic E-state index is -1.23. The Kier molecular flexibility index (Phi) is 6.10. The van der Waals surface area contributed by atoms with E-state index in [4.69, 9.17) is 4.42 Å². The summed E-state index contributed by atoms with van der Waals surface area (Å²) in [7, 11) is -1.23. The van der Waals surface area contributed by atoms with Crippen LogP contribution in [0.25, 0.3) is 0 Å². The Balaban J connectivity index is 1.35. The molecule has 6 nitrogen and oxygen atoms in total. The molecule has 0 radical (unpaired) electrons. The number of aromatic nitrogens is 1. The van der Waals surface area contributed by atoms with E-state index in [0.717, 1.165) is 28.3 Å². The van der Waals surface area contributed by atoms with Gasteiger partial charge in [0.1, 0.15) is 11.6 Å². The molecular formula is C21H20BrN3O3S. The lowest BCUT2D eigenvalue weighted by Gasteiger charge is -2.34. The molecule has 0 bridgehead atoms. The molecule has 1 aliphatic heterocycles. The van der Waals surface area contributed by atoms with Crippen LogP contribution in [-0.4, -0.2) is 46.2 Å². The standard InChI is InChI=1S/C21H20BrN3O3S/c22-16-4-7-18(8-5-16)29(27)15-17-6-9-19(28-17)21(26)25-13-11-24(12-14-25)20-3-1-2-10-23-20/h1-10H,11-15H2/t29-/m1/s1. The van der Waals surface area contributed by atoms with E-state index in [1.54, 1.807) is 23.2 Å². The van der Waals surface area contributed by atoms with E-state index in [2.05, 4.69) is 25.8 Å². The third kappa shape index (κ3) is 4.76. The van der Waals surface area contributed by atoms with Crippen LogP contribution in [0, 0.1) is 0 Å². The zero-order valence-electron chi connectivity index (χ0n) is 15.7. The fourth-order valence-corrected chi connectivity index (χ4v) is 4.49. The predicted octanol–water partition coefficient (Wildman–Crippen LogP) is 3.71. The van der Waals surface area contributed by atoms with Gasteiger partial charge in [0.15, 0.2) is 5.76 Å². The molecule has 0 unspecified atom stereocenters. The lowest BCUT2D eigenvalue weighted by molar-refractivity contribution is 0.0713. The second-order valence-corrected chi connectivity index (χ2v) is 9.04. The van der Waals surface area contributed by atoms with Gasteiger partial charge in [-0.05, 0) is 48.5 Å². The molecule has 29 heavy (non-hydrogen) atoms. The summed E-state index contributed by atoms with van der Waals surface area (Å²) >= 11 is 3.37. The molecule has 4 rings (SSSR count). The fraction of sp³-hybridized carbons (Fsp3) is 0.238. The monoisotopic (exact) mass is 473 g/mol. The molecule has 150 valence electrons. The lowest BCUT2D eigenvalue weighted by atomic mass is 10.2. The molecule has 1 amide bonds. The van der Waals surface area contributed by atoms with Crippen molar-refractivity contribution in [3.63, 3.8) is 0 Å². The Morgan fingerprint density at radius 2 is 1.79 bits per heavy atom. The van der Waals surface area contributed by atoms with Crippen molar-refractivity contribution >= 4 is 38.5 Å². The molecule has 0 saturated carbocycles. The number of furan rings is 1. The van der Waals surface area contributed by atoms with Crippen LogP contribution < -0.4 is 4.90 Å². The van der Waals surface area contributed by atoms with Crippen LogP contribution in [0.5, 0.6) is 0 Å². The van der Waals surface area contributed by atoms with Crippen molar-refractivity contribution in [2.75, 3.05) is 31.1 Å². The molecule has 1 fully saturated rings. The fourth-order valence-electron chi connectivity index (χ4n) is 3.20. The van der Waals surface area contributed by atoms with Crippen molar-refractivity contribution in [2.45, 2.75) is 10.6 Å². The highest BCUT2D eigenvalue weighted by Gasteiger charge is 2.25. The van der Waals surface area contributed by atoms with Gasteiger partial charge in [0.2, 0.25) is 0 Å². The summed E-state index contributed by atoms with van der Waals surface area (Å²) in [5.41, 5.74) is 0. The van der Waals surface area contributed by atoms with Crippen LogP contribution in [0.15, 0.2) is 74.6 Å². The Labute approximate surface area is 180 Å². The maximum Gasteiger partial charge on any atom is 0.289 e. The SMILES string of the molecule is O=C(c1ccc(C[S@@](=O)c2ccc(Br)cc2)o1)N1CCN(c2ccccn2)CC1. The lowest BCUT2D eigenvalue weighted by Crippen LogP contribution is -2.49. The molecule has 1 aliphatic rings. The number of carbonyl (C=O) groups is 1. The van der Waals surface area contributed by atoms with Crippen LogP contribution >= 0.6 is 15.9 Å². The van der Waals surface area contributed by atoms with Gasteiger partial charge in [-0.15, -0.1) is 0 Å². The summed E-state index contributed by atoms with van der Waals surface area (Å²) in [6.07, 6.45) is 1.77. The first-order valence-electron chi connectivity index (χ1n) is 9.28. The van der Waals surface area contributed by atoms with E-state index >= 15 is 0 Å². The van der Waals surface area contributed by atoms with E-state index in [1.807, 2.05) is 42.5 Å². The minimum Gasteiger partial charge on any atom is -0.455 e. The zero-order valence-corrected chi connectivity index (χ0v) is 18.1. The number of carbonyl (C=O) groups excluding carboxylic acids is 1. The number of benzene rings is 1. The summed E-state index contributed by atoms with van der Waals surface area (Å²) in [6, 6.07) is 16.6. The van der Waals surface area contributed by atoms with Crippen LogP contribution in [0.1, 0.15) is 16.3 Å². The third-order valence-corrected chi connectivity index (χ3v) is 6.64. The highest BCUT2D eigenvalue weighted by atomic mass is 79.9. The third-order valence-electron chi connectivity index (χ3n) is 4.76. The Morgan fingerprint density at radius 1 is 1.03 bits per heavy atom. The second kappa shape index (κ2) is 8.92. The normalized spacial score (nSPS) is 15.3. The van der Waals surface area contributed by atoms with E-state index in [0.29, 0.717) is 24.6 Å². The van der Waals surface area contributed by atoms with E-state index in [9.17, 15) is 9.00 Å². The zero-order chi connectivity index (χ0) is 20.2. The molecule has 1 atom stereocenters. The molecular weight excluding hydrogens is 454 g/mol. The number of piperazine rings is 1. The summed E-state index contributed by atoms with van der Waals surface area (Å²) in [4.78, 5) is 21.8. The molecule has 0 spiro atoms. The summed E-state index contributed by atoms with van der Waals surface area (Å²) < 4.78 is 19.1. The molecule has 0 N–H and O–H groups in total. The molecule has 1 aromatic carbocycles. The van der Waals surface area contributed by atoms with Gasteiger partial charge in [-0.1, -0.05) is 22.0 Å². The molecule has 1 saturated heterocycles. The van der Waals surface area contributed by atoms with Gasteiger partial charge in [0, 0.05) is 41.7 Å². The maximum atomic E-state index is 12.8. The van der Waals surface area contributed by atoms with Gasteiger partial charge in [0.05, 0.1) is 16.6 Å². The molecule has 8 heteroatoms. The van der Waals surface area contributed by atoms with Crippen molar-refractivity contribution in [1.82, 2.24) is 9.88 Å². The first-order valence-corrected chi connectivity index (χ1v) is 11.4. The van der Waals surface area contributed by atoms with Gasteiger partial charge in [-0.2, -0.15) is 0 Å². The second-order valence-electron chi connectivity index (χ2n) is 6.68. The first kappa shape index (κ1) is 19.8. The van der Waals surface area contributed by atoms with Crippen molar-refractivity contribution in [3.8, 4) is 0 Å². The van der Waals surface area contributed by atoms with Crippen LogP contribution in [-0.2, 0) is 16.6 Å². The topological polar surface area (TPSA) is 66.7 Å². The molecule has 3 heterocycles. The first-order chi connectivity index (χ1) is 14.1. The number of pyridine rings is 1. The highest BCUT2D eigenvalue weighted by Crippen LogP contribution is 2.19. The van der Waals surface area contributed by atoms with Crippen LogP contribution in [0.2, 0.25) is 0 Å². The number of nitrogens with zero attached hydrogens (tertiary/aromatic N) is 3. The predicted molar refractivity (Wildman–Crippen MR) is 115 cm³/mol. The Bertz CT molecular complexity index is 1000. The average molecular weight is 474 g/mol. The molecule has 0 aliphatic carbocycles. The van der Waals surface area contributed by atoms with Gasteiger partial charge in [0.25, 0.3) is 5.91 Å². The van der Waals surface area contributed by atoms with E-state index in [1.165, 1.54) is 0 Å². The number of anilines is 1. The van der Waals surface area contributed by atoms with Gasteiger partial charge in [-0.3, -0.25) is 9.00 Å². The van der Waals surface area contributed by atoms with Crippen LogP contribution in [0.3, 0.4) is 0 Å². The number of hydrogen-bond donors (Lipinski definition) is 0. The van der Waals surface area contributed by atoms with Crippen molar-refractivity contribution in [3.05, 3.63) is 76.8 Å². The smallest absolute Gasteiger partial charge is 0.289 e. The highest BCUT2D eigenvalue weighted by molar-refractivity contribution is 9.10. The number of amides is 1. The van der Waals surface area contributed by atoms with Crippen molar-refractivity contribution < 1.29 is 13.4 Å². The van der Waals surface area contributed by atoms with Gasteiger partial charge in [-0.25, -0.2) is 4.98 Å². The average Bonchev–Trinajstić information content (AvgIpc) is 3.23. The van der Waals surface area contributed by atoms with Gasteiger partial charge < -0.3 is 14.2 Å². The number of hydrogen-bond acceptors (Lipinski definition) is 5. The maximum absolute atomic E-state index is 12.8. The molecule has 2 aromatic heterocycles. The molecule has 3 aromatic rings. The summed E-state index contributed by atoms with van der Waals surface area (Å²) in [6.45, 7) is 2.67. The Hall–Kier alpha value is -2.45. The minimum absolute atomic E-state index is 0.133. The summed E-state index contributed by atoms with van der Waals surface area (Å²) in [5.74, 6) is 1.87. The van der Waals surface area contributed by atoms with E-state index in [-0.39, 0.29) is 11.7 Å². The largest absolute Gasteiger partial charge is 0.455 e. The number of rotatable bonds is 5. The quantitative estimate of drug-likeness (QED) is 0.564.